The van der Waals surface area contributed by atoms with Crippen LogP contribution in [0.5, 0.6) is 0 Å². The van der Waals surface area contributed by atoms with Crippen LogP contribution in [0.1, 0.15) is 45.2 Å². The highest BCUT2D eigenvalue weighted by Gasteiger charge is 2.32. The van der Waals surface area contributed by atoms with Crippen LogP contribution >= 0.6 is 0 Å². The molecule has 0 unspecified atom stereocenters. The molecule has 186 valence electrons. The molecule has 0 bridgehead atoms. The van der Waals surface area contributed by atoms with E-state index in [1.165, 1.54) is 24.1 Å². The molecule has 8 heteroatoms. The molecule has 0 aromatic heterocycles. The van der Waals surface area contributed by atoms with Gasteiger partial charge < -0.3 is 10.2 Å². The molecule has 0 saturated heterocycles. The number of amides is 2. The maximum Gasteiger partial charge on any atom is 0.243 e. The highest BCUT2D eigenvalue weighted by Crippen LogP contribution is 2.17. The molecule has 0 aliphatic carbocycles. The topological polar surface area (TPSA) is 86.8 Å². The summed E-state index contributed by atoms with van der Waals surface area (Å²) in [7, 11) is -2.46. The maximum absolute atomic E-state index is 13.4. The van der Waals surface area contributed by atoms with Crippen molar-refractivity contribution in [1.29, 1.82) is 0 Å². The molecule has 2 aromatic carbocycles. The number of carbonyl (C=O) groups excluding carboxylic acids is 2. The summed E-state index contributed by atoms with van der Waals surface area (Å²) in [6.07, 6.45) is 0.969. The van der Waals surface area contributed by atoms with Gasteiger partial charge in [-0.3, -0.25) is 9.59 Å². The van der Waals surface area contributed by atoms with Gasteiger partial charge in [0.2, 0.25) is 21.8 Å². The number of hydrogen-bond acceptors (Lipinski definition) is 4. The van der Waals surface area contributed by atoms with Gasteiger partial charge in [-0.05, 0) is 58.2 Å². The third kappa shape index (κ3) is 7.67. The van der Waals surface area contributed by atoms with E-state index in [0.717, 1.165) is 15.4 Å². The van der Waals surface area contributed by atoms with Crippen molar-refractivity contribution in [2.45, 2.75) is 63.9 Å². The smallest absolute Gasteiger partial charge is 0.243 e. The highest BCUT2D eigenvalue weighted by molar-refractivity contribution is 7.89. The number of carbonyl (C=O) groups is 2. The quantitative estimate of drug-likeness (QED) is 0.557. The summed E-state index contributed by atoms with van der Waals surface area (Å²) >= 11 is 0. The minimum absolute atomic E-state index is 0.127. The van der Waals surface area contributed by atoms with E-state index in [-0.39, 0.29) is 17.3 Å². The Labute approximate surface area is 204 Å². The van der Waals surface area contributed by atoms with Gasteiger partial charge in [0, 0.05) is 19.1 Å². The van der Waals surface area contributed by atoms with E-state index in [1.54, 1.807) is 12.1 Å². The molecule has 2 aromatic rings. The second kappa shape index (κ2) is 11.6. The molecular weight excluding hydrogens is 450 g/mol. The molecular formula is C26H37N3O4S. The zero-order valence-electron chi connectivity index (χ0n) is 21.0. The molecule has 34 heavy (non-hydrogen) atoms. The lowest BCUT2D eigenvalue weighted by Crippen LogP contribution is -2.55. The zero-order chi connectivity index (χ0) is 25.5. The van der Waals surface area contributed by atoms with Crippen LogP contribution in [0.15, 0.2) is 59.5 Å². The fourth-order valence-electron chi connectivity index (χ4n) is 3.61. The molecule has 2 amide bonds. The van der Waals surface area contributed by atoms with E-state index in [0.29, 0.717) is 19.4 Å². The van der Waals surface area contributed by atoms with Gasteiger partial charge in [-0.15, -0.1) is 0 Å². The lowest BCUT2D eigenvalue weighted by Gasteiger charge is -2.34. The highest BCUT2D eigenvalue weighted by atomic mass is 32.2. The first-order valence-corrected chi connectivity index (χ1v) is 13.0. The summed E-state index contributed by atoms with van der Waals surface area (Å²) in [5, 5.41) is 2.95. The van der Waals surface area contributed by atoms with Gasteiger partial charge >= 0.3 is 0 Å². The van der Waals surface area contributed by atoms with Crippen molar-refractivity contribution >= 4 is 21.8 Å². The first-order chi connectivity index (χ1) is 15.8. The summed E-state index contributed by atoms with van der Waals surface area (Å²) < 4.78 is 27.1. The SMILES string of the molecule is CC[C@H](C(=O)NC(C)(C)C)N(CCc1ccccc1)C(=O)CN(C)S(=O)(=O)c1ccc(C)cc1. The van der Waals surface area contributed by atoms with Crippen molar-refractivity contribution in [2.75, 3.05) is 20.1 Å². The fraction of sp³-hybridized carbons (Fsp3) is 0.462. The molecule has 7 nitrogen and oxygen atoms in total. The molecule has 0 fully saturated rings. The number of nitrogens with one attached hydrogen (secondary N) is 1. The largest absolute Gasteiger partial charge is 0.350 e. The summed E-state index contributed by atoms with van der Waals surface area (Å²) in [6, 6.07) is 15.5. The van der Waals surface area contributed by atoms with Gasteiger partial charge in [-0.25, -0.2) is 8.42 Å². The van der Waals surface area contributed by atoms with E-state index in [4.69, 9.17) is 0 Å². The second-order valence-electron chi connectivity index (χ2n) is 9.56. The van der Waals surface area contributed by atoms with E-state index in [9.17, 15) is 18.0 Å². The Kier molecular flexibility index (Phi) is 9.41. The average Bonchev–Trinajstić information content (AvgIpc) is 2.76. The minimum atomic E-state index is -3.85. The van der Waals surface area contributed by atoms with Crippen LogP contribution in [0.4, 0.5) is 0 Å². The van der Waals surface area contributed by atoms with Crippen LogP contribution in [0.3, 0.4) is 0 Å². The first kappa shape index (κ1) is 27.5. The van der Waals surface area contributed by atoms with Gasteiger partial charge in [0.1, 0.15) is 6.04 Å². The van der Waals surface area contributed by atoms with Gasteiger partial charge in [0.15, 0.2) is 0 Å². The number of benzene rings is 2. The third-order valence-corrected chi connectivity index (χ3v) is 7.27. The van der Waals surface area contributed by atoms with Crippen LogP contribution in [0.25, 0.3) is 0 Å². The van der Waals surface area contributed by atoms with Crippen molar-refractivity contribution in [3.05, 3.63) is 65.7 Å². The van der Waals surface area contributed by atoms with E-state index in [2.05, 4.69) is 5.32 Å². The molecule has 2 rings (SSSR count). The number of rotatable bonds is 10. The molecule has 1 N–H and O–H groups in total. The van der Waals surface area contributed by atoms with Gasteiger partial charge in [0.25, 0.3) is 0 Å². The monoisotopic (exact) mass is 487 g/mol. The molecule has 0 heterocycles. The Hall–Kier alpha value is -2.71. The predicted molar refractivity (Wildman–Crippen MR) is 135 cm³/mol. The Bertz CT molecular complexity index is 1060. The summed E-state index contributed by atoms with van der Waals surface area (Å²) in [5.41, 5.74) is 1.52. The Morgan fingerprint density at radius 3 is 2.12 bits per heavy atom. The van der Waals surface area contributed by atoms with Gasteiger partial charge in [-0.2, -0.15) is 4.31 Å². The van der Waals surface area contributed by atoms with Gasteiger partial charge in [0.05, 0.1) is 11.4 Å². The van der Waals surface area contributed by atoms with Crippen LogP contribution in [0, 0.1) is 6.92 Å². The van der Waals surface area contributed by atoms with Crippen LogP contribution in [0.2, 0.25) is 0 Å². The maximum atomic E-state index is 13.4. The molecule has 1 atom stereocenters. The fourth-order valence-corrected chi connectivity index (χ4v) is 4.73. The molecule has 0 aliphatic rings. The number of sulfonamides is 1. The van der Waals surface area contributed by atoms with Crippen molar-refractivity contribution in [3.8, 4) is 0 Å². The molecule has 0 aliphatic heterocycles. The summed E-state index contributed by atoms with van der Waals surface area (Å²) in [5.74, 6) is -0.662. The molecule has 0 spiro atoms. The van der Waals surface area contributed by atoms with Crippen LogP contribution < -0.4 is 5.32 Å². The Morgan fingerprint density at radius 2 is 1.59 bits per heavy atom. The summed E-state index contributed by atoms with van der Waals surface area (Å²) in [4.78, 5) is 28.1. The van der Waals surface area contributed by atoms with Crippen molar-refractivity contribution in [1.82, 2.24) is 14.5 Å². The van der Waals surface area contributed by atoms with Crippen LogP contribution in [-0.4, -0.2) is 61.2 Å². The van der Waals surface area contributed by atoms with Crippen molar-refractivity contribution < 1.29 is 18.0 Å². The van der Waals surface area contributed by atoms with Crippen molar-refractivity contribution in [3.63, 3.8) is 0 Å². The molecule has 0 radical (unpaired) electrons. The minimum Gasteiger partial charge on any atom is -0.350 e. The number of aryl methyl sites for hydroxylation is 1. The Balaban J connectivity index is 2.27. The molecule has 0 saturated carbocycles. The lowest BCUT2D eigenvalue weighted by atomic mass is 10.1. The lowest BCUT2D eigenvalue weighted by molar-refractivity contribution is -0.141. The number of likely N-dealkylation sites (N-methyl/N-ethyl adjacent to an activating group) is 1. The Morgan fingerprint density at radius 1 is 1.00 bits per heavy atom. The standard InChI is InChI=1S/C26H37N3O4S/c1-7-23(25(31)27-26(3,4)5)29(18-17-21-11-9-8-10-12-21)24(30)19-28(6)34(32,33)22-15-13-20(2)14-16-22/h8-16,23H,7,17-19H2,1-6H3,(H,27,31)/t23-/m1/s1. The van der Waals surface area contributed by atoms with Crippen molar-refractivity contribution in [2.24, 2.45) is 0 Å². The summed E-state index contributed by atoms with van der Waals surface area (Å²) in [6.45, 7) is 9.33. The number of hydrogen-bond donors (Lipinski definition) is 1. The third-order valence-electron chi connectivity index (χ3n) is 5.46. The zero-order valence-corrected chi connectivity index (χ0v) is 21.9. The first-order valence-electron chi connectivity index (χ1n) is 11.5. The second-order valence-corrected chi connectivity index (χ2v) is 11.6. The van der Waals surface area contributed by atoms with E-state index >= 15 is 0 Å². The van der Waals surface area contributed by atoms with E-state index in [1.807, 2.05) is 65.0 Å². The van der Waals surface area contributed by atoms with E-state index < -0.39 is 27.5 Å². The average molecular weight is 488 g/mol. The van der Waals surface area contributed by atoms with Crippen LogP contribution in [-0.2, 0) is 26.0 Å². The van der Waals surface area contributed by atoms with Gasteiger partial charge in [-0.1, -0.05) is 55.0 Å². The normalized spacial score (nSPS) is 12.9. The predicted octanol–water partition coefficient (Wildman–Crippen LogP) is 3.38. The number of nitrogens with zero attached hydrogens (tertiary/aromatic N) is 2.